The van der Waals surface area contributed by atoms with E-state index in [4.69, 9.17) is 17.3 Å². The summed E-state index contributed by atoms with van der Waals surface area (Å²) in [5.74, 6) is -1.19. The third kappa shape index (κ3) is 2.75. The molecule has 0 aromatic heterocycles. The van der Waals surface area contributed by atoms with Gasteiger partial charge in [0.15, 0.2) is 0 Å². The average Bonchev–Trinajstić information content (AvgIpc) is 2.69. The normalized spacial score (nSPS) is 19.0. The van der Waals surface area contributed by atoms with E-state index in [0.29, 0.717) is 34.7 Å². The Hall–Kier alpha value is -1.11. The van der Waals surface area contributed by atoms with E-state index in [-0.39, 0.29) is 17.4 Å². The molecule has 1 amide bonds. The van der Waals surface area contributed by atoms with Crippen LogP contribution in [0.15, 0.2) is 16.6 Å². The molecule has 1 saturated heterocycles. The maximum Gasteiger partial charge on any atom is 0.337 e. The van der Waals surface area contributed by atoms with Gasteiger partial charge >= 0.3 is 5.97 Å². The second kappa shape index (κ2) is 5.48. The molecule has 102 valence electrons. The fourth-order valence-electron chi connectivity index (χ4n) is 2.16. The van der Waals surface area contributed by atoms with Crippen LogP contribution in [0.1, 0.15) is 16.8 Å². The van der Waals surface area contributed by atoms with Crippen molar-refractivity contribution < 1.29 is 14.7 Å². The highest BCUT2D eigenvalue weighted by Gasteiger charge is 2.33. The van der Waals surface area contributed by atoms with E-state index in [2.05, 4.69) is 15.9 Å². The van der Waals surface area contributed by atoms with Crippen LogP contribution in [0.5, 0.6) is 0 Å². The predicted molar refractivity (Wildman–Crippen MR) is 75.6 cm³/mol. The monoisotopic (exact) mass is 346 g/mol. The Morgan fingerprint density at radius 3 is 2.79 bits per heavy atom. The van der Waals surface area contributed by atoms with Crippen molar-refractivity contribution in [1.29, 1.82) is 0 Å². The van der Waals surface area contributed by atoms with Crippen LogP contribution in [0.25, 0.3) is 0 Å². The summed E-state index contributed by atoms with van der Waals surface area (Å²) in [5, 5.41) is 9.54. The minimum Gasteiger partial charge on any atom is -0.478 e. The lowest BCUT2D eigenvalue weighted by molar-refractivity contribution is -0.117. The Morgan fingerprint density at radius 2 is 2.26 bits per heavy atom. The van der Waals surface area contributed by atoms with Crippen molar-refractivity contribution in [2.24, 2.45) is 11.7 Å². The molecular weight excluding hydrogens is 336 g/mol. The molecule has 0 spiro atoms. The Morgan fingerprint density at radius 1 is 1.58 bits per heavy atom. The third-order valence-electron chi connectivity index (χ3n) is 3.07. The first-order chi connectivity index (χ1) is 8.93. The molecule has 0 bridgehead atoms. The summed E-state index contributed by atoms with van der Waals surface area (Å²) < 4.78 is 0.489. The molecule has 0 saturated carbocycles. The van der Waals surface area contributed by atoms with Crippen molar-refractivity contribution in [2.45, 2.75) is 6.42 Å². The van der Waals surface area contributed by atoms with Gasteiger partial charge in [0, 0.05) is 22.5 Å². The number of hydrogen-bond donors (Lipinski definition) is 2. The molecule has 1 heterocycles. The summed E-state index contributed by atoms with van der Waals surface area (Å²) >= 11 is 9.12. The summed E-state index contributed by atoms with van der Waals surface area (Å²) in [6.07, 6.45) is 0.338. The lowest BCUT2D eigenvalue weighted by Crippen LogP contribution is -2.28. The molecule has 1 aliphatic heterocycles. The fraction of sp³-hybridized carbons (Fsp3) is 0.333. The number of amides is 1. The minimum atomic E-state index is -1.12. The van der Waals surface area contributed by atoms with E-state index in [0.717, 1.165) is 0 Å². The van der Waals surface area contributed by atoms with Crippen molar-refractivity contribution in [2.75, 3.05) is 18.0 Å². The lowest BCUT2D eigenvalue weighted by Gasteiger charge is -2.20. The van der Waals surface area contributed by atoms with Crippen molar-refractivity contribution in [3.8, 4) is 0 Å². The molecular formula is C12H12BrClN2O3. The SMILES string of the molecule is NCC1CC(=O)N(c2c(Br)cc(Cl)cc2C(=O)O)C1. The number of halogens is 2. The van der Waals surface area contributed by atoms with Gasteiger partial charge in [-0.1, -0.05) is 11.6 Å². The van der Waals surface area contributed by atoms with Crippen LogP contribution < -0.4 is 10.6 Å². The molecule has 1 aromatic rings. The summed E-state index contributed by atoms with van der Waals surface area (Å²) in [7, 11) is 0. The molecule has 1 aliphatic rings. The molecule has 1 aromatic carbocycles. The van der Waals surface area contributed by atoms with Gasteiger partial charge in [-0.05, 0) is 40.5 Å². The predicted octanol–water partition coefficient (Wildman–Crippen LogP) is 2.11. The lowest BCUT2D eigenvalue weighted by atomic mass is 10.1. The number of benzene rings is 1. The van der Waals surface area contributed by atoms with Crippen LogP contribution >= 0.6 is 27.5 Å². The maximum absolute atomic E-state index is 12.0. The number of carboxylic acid groups (broad SMARTS) is 1. The van der Waals surface area contributed by atoms with Crippen LogP contribution in [0.3, 0.4) is 0 Å². The molecule has 5 nitrogen and oxygen atoms in total. The van der Waals surface area contributed by atoms with Gasteiger partial charge in [0.1, 0.15) is 0 Å². The van der Waals surface area contributed by atoms with Crippen molar-refractivity contribution in [3.05, 3.63) is 27.2 Å². The van der Waals surface area contributed by atoms with Gasteiger partial charge in [-0.2, -0.15) is 0 Å². The zero-order valence-electron chi connectivity index (χ0n) is 9.90. The first-order valence-electron chi connectivity index (χ1n) is 5.66. The van der Waals surface area contributed by atoms with E-state index < -0.39 is 5.97 Å². The van der Waals surface area contributed by atoms with E-state index in [1.807, 2.05) is 0 Å². The molecule has 0 aliphatic carbocycles. The second-order valence-electron chi connectivity index (χ2n) is 4.40. The van der Waals surface area contributed by atoms with Crippen LogP contribution in [-0.2, 0) is 4.79 Å². The Bertz CT molecular complexity index is 550. The zero-order chi connectivity index (χ0) is 14.2. The average molecular weight is 348 g/mol. The molecule has 3 N–H and O–H groups in total. The Balaban J connectivity index is 2.50. The van der Waals surface area contributed by atoms with E-state index in [9.17, 15) is 14.7 Å². The van der Waals surface area contributed by atoms with Crippen LogP contribution in [0, 0.1) is 5.92 Å². The van der Waals surface area contributed by atoms with Crippen molar-refractivity contribution in [1.82, 2.24) is 0 Å². The van der Waals surface area contributed by atoms with Crippen LogP contribution in [0.4, 0.5) is 5.69 Å². The van der Waals surface area contributed by atoms with Crippen LogP contribution in [0.2, 0.25) is 5.02 Å². The number of carbonyl (C=O) groups is 2. The summed E-state index contributed by atoms with van der Waals surface area (Å²) in [4.78, 5) is 24.7. The quantitative estimate of drug-likeness (QED) is 0.877. The van der Waals surface area contributed by atoms with E-state index >= 15 is 0 Å². The molecule has 1 fully saturated rings. The van der Waals surface area contributed by atoms with Gasteiger partial charge in [-0.3, -0.25) is 4.79 Å². The van der Waals surface area contributed by atoms with E-state index in [1.54, 1.807) is 6.07 Å². The number of nitrogens with zero attached hydrogens (tertiary/aromatic N) is 1. The first-order valence-corrected chi connectivity index (χ1v) is 6.84. The van der Waals surface area contributed by atoms with Crippen LogP contribution in [-0.4, -0.2) is 30.1 Å². The van der Waals surface area contributed by atoms with Gasteiger partial charge in [-0.15, -0.1) is 0 Å². The Kier molecular flexibility index (Phi) is 4.13. The van der Waals surface area contributed by atoms with Crippen molar-refractivity contribution >= 4 is 45.1 Å². The standard InChI is InChI=1S/C12H12BrClN2O3/c13-9-3-7(14)2-8(12(18)19)11(9)16-5-6(4-15)1-10(16)17/h2-3,6H,1,4-5,15H2,(H,18,19). The number of nitrogens with two attached hydrogens (primary N) is 1. The second-order valence-corrected chi connectivity index (χ2v) is 5.69. The molecule has 7 heteroatoms. The molecule has 1 atom stereocenters. The number of hydrogen-bond acceptors (Lipinski definition) is 3. The number of anilines is 1. The maximum atomic E-state index is 12.0. The number of carboxylic acids is 1. The van der Waals surface area contributed by atoms with Gasteiger partial charge < -0.3 is 15.7 Å². The minimum absolute atomic E-state index is 0.00500. The molecule has 1 unspecified atom stereocenters. The highest BCUT2D eigenvalue weighted by atomic mass is 79.9. The first kappa shape index (κ1) is 14.3. The van der Waals surface area contributed by atoms with Gasteiger partial charge in [-0.25, -0.2) is 4.79 Å². The Labute approximate surface area is 123 Å². The number of aromatic carboxylic acids is 1. The molecule has 2 rings (SSSR count). The number of rotatable bonds is 3. The third-order valence-corrected chi connectivity index (χ3v) is 3.89. The topological polar surface area (TPSA) is 83.6 Å². The van der Waals surface area contributed by atoms with Gasteiger partial charge in [0.2, 0.25) is 5.91 Å². The van der Waals surface area contributed by atoms with Crippen molar-refractivity contribution in [3.63, 3.8) is 0 Å². The summed E-state index contributed by atoms with van der Waals surface area (Å²) in [6.45, 7) is 0.825. The smallest absolute Gasteiger partial charge is 0.337 e. The highest BCUT2D eigenvalue weighted by Crippen LogP contribution is 2.36. The van der Waals surface area contributed by atoms with E-state index in [1.165, 1.54) is 11.0 Å². The fourth-order valence-corrected chi connectivity index (χ4v) is 3.18. The largest absolute Gasteiger partial charge is 0.478 e. The zero-order valence-corrected chi connectivity index (χ0v) is 12.2. The highest BCUT2D eigenvalue weighted by molar-refractivity contribution is 9.10. The van der Waals surface area contributed by atoms with Gasteiger partial charge in [0.25, 0.3) is 0 Å². The van der Waals surface area contributed by atoms with Gasteiger partial charge in [0.05, 0.1) is 11.3 Å². The molecule has 19 heavy (non-hydrogen) atoms. The summed E-state index contributed by atoms with van der Waals surface area (Å²) in [5.41, 5.74) is 5.92. The summed E-state index contributed by atoms with van der Waals surface area (Å²) in [6, 6.07) is 2.92. The number of carbonyl (C=O) groups excluding carboxylic acids is 1. The molecule has 0 radical (unpaired) electrons.